The van der Waals surface area contributed by atoms with Crippen molar-refractivity contribution in [1.82, 2.24) is 15.2 Å². The lowest BCUT2D eigenvalue weighted by atomic mass is 10.2. The van der Waals surface area contributed by atoms with Crippen LogP contribution in [0.15, 0.2) is 18.3 Å². The molecule has 16 heavy (non-hydrogen) atoms. The molecule has 5 heteroatoms. The fourth-order valence-corrected chi connectivity index (χ4v) is 1.37. The van der Waals surface area contributed by atoms with Crippen molar-refractivity contribution in [3.8, 4) is 11.6 Å². The number of aromatic amines is 1. The molecule has 0 radical (unpaired) electrons. The first-order valence-corrected chi connectivity index (χ1v) is 5.04. The van der Waals surface area contributed by atoms with Gasteiger partial charge in [0.15, 0.2) is 0 Å². The number of H-pyrrole nitrogens is 1. The molecule has 2 rings (SSSR count). The van der Waals surface area contributed by atoms with Crippen LogP contribution in [0.2, 0.25) is 0 Å². The molecule has 84 valence electrons. The second-order valence-electron chi connectivity index (χ2n) is 3.63. The van der Waals surface area contributed by atoms with Gasteiger partial charge in [0.05, 0.1) is 0 Å². The van der Waals surface area contributed by atoms with Crippen LogP contribution in [0.1, 0.15) is 17.0 Å². The molecule has 0 unspecified atom stereocenters. The minimum atomic E-state index is 0.395. The Kier molecular flexibility index (Phi) is 2.87. The van der Waals surface area contributed by atoms with Crippen molar-refractivity contribution in [3.63, 3.8) is 0 Å². The Hall–Kier alpha value is -1.88. The maximum absolute atomic E-state index is 5.64. The number of hydrogen-bond donors (Lipinski definition) is 2. The lowest BCUT2D eigenvalue weighted by molar-refractivity contribution is 0.454. The van der Waals surface area contributed by atoms with Gasteiger partial charge in [-0.05, 0) is 13.8 Å². The standard InChI is InChI=1S/C11H14N4O/c1-7-3-10(9(5-12)6-13-7)16-11-4-8(2)14-15-11/h3-4,6H,5,12H2,1-2H3,(H,14,15). The number of aryl methyl sites for hydroxylation is 2. The lowest BCUT2D eigenvalue weighted by Crippen LogP contribution is -2.01. The third-order valence-corrected chi connectivity index (χ3v) is 2.20. The van der Waals surface area contributed by atoms with Gasteiger partial charge in [0.25, 0.3) is 0 Å². The molecule has 0 atom stereocenters. The first-order valence-electron chi connectivity index (χ1n) is 5.04. The second-order valence-corrected chi connectivity index (χ2v) is 3.63. The zero-order valence-electron chi connectivity index (χ0n) is 9.32. The van der Waals surface area contributed by atoms with Crippen molar-refractivity contribution in [3.05, 3.63) is 35.3 Å². The summed E-state index contributed by atoms with van der Waals surface area (Å²) in [5.74, 6) is 1.25. The molecule has 0 saturated carbocycles. The average molecular weight is 218 g/mol. The fourth-order valence-electron chi connectivity index (χ4n) is 1.37. The van der Waals surface area contributed by atoms with Crippen LogP contribution in [0.25, 0.3) is 0 Å². The van der Waals surface area contributed by atoms with E-state index in [2.05, 4.69) is 15.2 Å². The van der Waals surface area contributed by atoms with Gasteiger partial charge in [-0.25, -0.2) is 0 Å². The van der Waals surface area contributed by atoms with Gasteiger partial charge in [-0.3, -0.25) is 10.1 Å². The van der Waals surface area contributed by atoms with Gasteiger partial charge in [0, 0.05) is 41.8 Å². The summed E-state index contributed by atoms with van der Waals surface area (Å²) in [4.78, 5) is 4.17. The predicted octanol–water partition coefficient (Wildman–Crippen LogP) is 1.67. The van der Waals surface area contributed by atoms with E-state index in [1.165, 1.54) is 0 Å². The highest BCUT2D eigenvalue weighted by molar-refractivity contribution is 5.35. The van der Waals surface area contributed by atoms with E-state index in [9.17, 15) is 0 Å². The van der Waals surface area contributed by atoms with E-state index in [1.54, 1.807) is 6.20 Å². The largest absolute Gasteiger partial charge is 0.437 e. The monoisotopic (exact) mass is 218 g/mol. The second kappa shape index (κ2) is 4.32. The maximum Gasteiger partial charge on any atom is 0.238 e. The molecular weight excluding hydrogens is 204 g/mol. The summed E-state index contributed by atoms with van der Waals surface area (Å²) in [5, 5.41) is 6.83. The molecule has 0 fully saturated rings. The molecule has 2 aromatic rings. The van der Waals surface area contributed by atoms with Crippen LogP contribution in [-0.2, 0) is 6.54 Å². The number of pyridine rings is 1. The molecule has 2 heterocycles. The number of nitrogens with one attached hydrogen (secondary N) is 1. The van der Waals surface area contributed by atoms with Gasteiger partial charge < -0.3 is 10.5 Å². The summed E-state index contributed by atoms with van der Waals surface area (Å²) in [6.07, 6.45) is 1.73. The Morgan fingerprint density at radius 3 is 2.81 bits per heavy atom. The summed E-state index contributed by atoms with van der Waals surface area (Å²) in [5.41, 5.74) is 8.32. The molecule has 0 aliphatic heterocycles. The first-order chi connectivity index (χ1) is 7.69. The van der Waals surface area contributed by atoms with Crippen LogP contribution in [0.5, 0.6) is 11.6 Å². The molecule has 0 aliphatic carbocycles. The highest BCUT2D eigenvalue weighted by atomic mass is 16.5. The van der Waals surface area contributed by atoms with Crippen LogP contribution in [-0.4, -0.2) is 15.2 Å². The van der Waals surface area contributed by atoms with Crippen molar-refractivity contribution < 1.29 is 4.74 Å². The molecule has 3 N–H and O–H groups in total. The van der Waals surface area contributed by atoms with Gasteiger partial charge in [0.2, 0.25) is 5.88 Å². The molecule has 0 saturated heterocycles. The Labute approximate surface area is 93.7 Å². The Bertz CT molecular complexity index is 492. The normalized spacial score (nSPS) is 10.4. The van der Waals surface area contributed by atoms with E-state index in [0.29, 0.717) is 18.2 Å². The Morgan fingerprint density at radius 2 is 2.19 bits per heavy atom. The minimum Gasteiger partial charge on any atom is -0.437 e. The topological polar surface area (TPSA) is 76.8 Å². The fraction of sp³-hybridized carbons (Fsp3) is 0.273. The molecule has 2 aromatic heterocycles. The van der Waals surface area contributed by atoms with E-state index in [0.717, 1.165) is 17.0 Å². The highest BCUT2D eigenvalue weighted by Crippen LogP contribution is 2.24. The maximum atomic E-state index is 5.64. The highest BCUT2D eigenvalue weighted by Gasteiger charge is 2.06. The number of aromatic nitrogens is 3. The molecule has 0 amide bonds. The summed E-state index contributed by atoms with van der Waals surface area (Å²) in [6.45, 7) is 4.22. The van der Waals surface area contributed by atoms with Crippen molar-refractivity contribution in [2.24, 2.45) is 5.73 Å². The van der Waals surface area contributed by atoms with E-state index in [1.807, 2.05) is 26.0 Å². The Balaban J connectivity index is 2.29. The van der Waals surface area contributed by atoms with E-state index in [-0.39, 0.29) is 0 Å². The summed E-state index contributed by atoms with van der Waals surface area (Å²) in [7, 11) is 0. The van der Waals surface area contributed by atoms with Crippen LogP contribution in [0, 0.1) is 13.8 Å². The third kappa shape index (κ3) is 2.20. The number of nitrogens with two attached hydrogens (primary N) is 1. The molecule has 5 nitrogen and oxygen atoms in total. The third-order valence-electron chi connectivity index (χ3n) is 2.20. The van der Waals surface area contributed by atoms with Crippen molar-refractivity contribution >= 4 is 0 Å². The Morgan fingerprint density at radius 1 is 1.38 bits per heavy atom. The van der Waals surface area contributed by atoms with Crippen molar-refractivity contribution in [2.45, 2.75) is 20.4 Å². The number of hydrogen-bond acceptors (Lipinski definition) is 4. The molecular formula is C11H14N4O. The van der Waals surface area contributed by atoms with Crippen LogP contribution in [0.3, 0.4) is 0 Å². The molecule has 0 spiro atoms. The van der Waals surface area contributed by atoms with Gasteiger partial charge in [-0.2, -0.15) is 0 Å². The van der Waals surface area contributed by atoms with Crippen molar-refractivity contribution in [2.75, 3.05) is 0 Å². The average Bonchev–Trinajstić information content (AvgIpc) is 2.64. The zero-order valence-corrected chi connectivity index (χ0v) is 9.32. The molecule has 0 bridgehead atoms. The van der Waals surface area contributed by atoms with Gasteiger partial charge >= 0.3 is 0 Å². The summed E-state index contributed by atoms with van der Waals surface area (Å²) in [6, 6.07) is 3.68. The van der Waals surface area contributed by atoms with Gasteiger partial charge in [0.1, 0.15) is 5.75 Å². The van der Waals surface area contributed by atoms with E-state index < -0.39 is 0 Å². The van der Waals surface area contributed by atoms with Gasteiger partial charge in [-0.1, -0.05) is 0 Å². The first kappa shape index (κ1) is 10.6. The smallest absolute Gasteiger partial charge is 0.238 e. The van der Waals surface area contributed by atoms with Crippen molar-refractivity contribution in [1.29, 1.82) is 0 Å². The van der Waals surface area contributed by atoms with Gasteiger partial charge in [-0.15, -0.1) is 5.10 Å². The van der Waals surface area contributed by atoms with Crippen LogP contribution in [0.4, 0.5) is 0 Å². The minimum absolute atomic E-state index is 0.395. The number of nitrogens with zero attached hydrogens (tertiary/aromatic N) is 2. The molecule has 0 aliphatic rings. The quantitative estimate of drug-likeness (QED) is 0.821. The number of ether oxygens (including phenoxy) is 1. The molecule has 0 aromatic carbocycles. The lowest BCUT2D eigenvalue weighted by Gasteiger charge is -2.07. The summed E-state index contributed by atoms with van der Waals surface area (Å²) < 4.78 is 5.64. The zero-order chi connectivity index (χ0) is 11.5. The number of rotatable bonds is 3. The van der Waals surface area contributed by atoms with E-state index >= 15 is 0 Å². The summed E-state index contributed by atoms with van der Waals surface area (Å²) >= 11 is 0. The predicted molar refractivity (Wildman–Crippen MR) is 60.3 cm³/mol. The SMILES string of the molecule is Cc1cc(Oc2cc(C)[nH]n2)c(CN)cn1. The van der Waals surface area contributed by atoms with Crippen LogP contribution >= 0.6 is 0 Å². The van der Waals surface area contributed by atoms with Crippen LogP contribution < -0.4 is 10.5 Å². The van der Waals surface area contributed by atoms with E-state index in [4.69, 9.17) is 10.5 Å².